The average Bonchev–Trinajstić information content (AvgIpc) is 3.32. The van der Waals surface area contributed by atoms with Crippen LogP contribution >= 0.6 is 23.2 Å². The maximum absolute atomic E-state index is 13.3. The van der Waals surface area contributed by atoms with E-state index in [1.807, 2.05) is 54.6 Å². The van der Waals surface area contributed by atoms with E-state index >= 15 is 0 Å². The normalized spacial score (nSPS) is 15.1. The molecule has 11 heteroatoms. The first kappa shape index (κ1) is 25.9. The Bertz CT molecular complexity index is 1900. The Labute approximate surface area is 240 Å². The second kappa shape index (κ2) is 10.3. The number of hydrogen-bond acceptors (Lipinski definition) is 6. The summed E-state index contributed by atoms with van der Waals surface area (Å²) in [6.45, 7) is 0. The SMILES string of the molecule is O=S(=O)(NC1=NC(c2ccccc2)c2c([nH]c3ccccc23)N1)c1ccc(N=Cc2cc(Cl)cc(Cl)c2O)cc1. The predicted octanol–water partition coefficient (Wildman–Crippen LogP) is 6.78. The molecular weight excluding hydrogens is 569 g/mol. The van der Waals surface area contributed by atoms with E-state index in [1.54, 1.807) is 12.1 Å². The molecule has 5 aromatic rings. The van der Waals surface area contributed by atoms with Gasteiger partial charge in [-0.1, -0.05) is 71.7 Å². The summed E-state index contributed by atoms with van der Waals surface area (Å²) in [6, 6.07) is 26.1. The summed E-state index contributed by atoms with van der Waals surface area (Å²) < 4.78 is 29.2. The number of rotatable bonds is 5. The van der Waals surface area contributed by atoms with E-state index in [9.17, 15) is 13.5 Å². The van der Waals surface area contributed by atoms with Crippen molar-refractivity contribution >= 4 is 67.8 Å². The molecule has 0 saturated heterocycles. The van der Waals surface area contributed by atoms with E-state index in [0.29, 0.717) is 22.1 Å². The van der Waals surface area contributed by atoms with Gasteiger partial charge in [0, 0.05) is 33.3 Å². The van der Waals surface area contributed by atoms with Gasteiger partial charge in [0.15, 0.2) is 0 Å². The van der Waals surface area contributed by atoms with Crippen molar-refractivity contribution in [2.24, 2.45) is 9.98 Å². The fourth-order valence-electron chi connectivity index (χ4n) is 4.54. The zero-order valence-corrected chi connectivity index (χ0v) is 23.0. The van der Waals surface area contributed by atoms with Crippen LogP contribution in [0.25, 0.3) is 10.9 Å². The third-order valence-corrected chi connectivity index (χ3v) is 8.29. The third kappa shape index (κ3) is 5.02. The maximum Gasteiger partial charge on any atom is 0.264 e. The van der Waals surface area contributed by atoms with Crippen LogP contribution < -0.4 is 10.0 Å². The molecule has 0 saturated carbocycles. The molecule has 6 rings (SSSR count). The van der Waals surface area contributed by atoms with Gasteiger partial charge in [0.05, 0.1) is 15.6 Å². The van der Waals surface area contributed by atoms with Crippen molar-refractivity contribution < 1.29 is 13.5 Å². The molecule has 1 aliphatic heterocycles. The summed E-state index contributed by atoms with van der Waals surface area (Å²) in [7, 11) is -3.98. The molecule has 1 atom stereocenters. The number of phenols is 1. The van der Waals surface area contributed by atoms with Crippen molar-refractivity contribution in [1.82, 2.24) is 9.71 Å². The predicted molar refractivity (Wildman–Crippen MR) is 160 cm³/mol. The number of phenolic OH excluding ortho intramolecular Hbond substituents is 1. The Hall–Kier alpha value is -4.31. The van der Waals surface area contributed by atoms with Gasteiger partial charge in [-0.3, -0.25) is 4.99 Å². The van der Waals surface area contributed by atoms with Gasteiger partial charge in [0.2, 0.25) is 5.96 Å². The van der Waals surface area contributed by atoms with Gasteiger partial charge in [-0.05, 0) is 48.0 Å². The molecule has 0 bridgehead atoms. The minimum Gasteiger partial charge on any atom is -0.506 e. The summed E-state index contributed by atoms with van der Waals surface area (Å²) in [5, 5.41) is 14.7. The van der Waals surface area contributed by atoms with Gasteiger partial charge in [0.1, 0.15) is 17.6 Å². The Kier molecular flexibility index (Phi) is 6.71. The molecule has 1 unspecified atom stereocenters. The molecule has 1 aliphatic rings. The fraction of sp³-hybridized carbons (Fsp3) is 0.0345. The Morgan fingerprint density at radius 2 is 1.68 bits per heavy atom. The molecule has 4 aromatic carbocycles. The number of para-hydroxylation sites is 1. The highest BCUT2D eigenvalue weighted by molar-refractivity contribution is 7.90. The van der Waals surface area contributed by atoms with E-state index in [-0.39, 0.29) is 21.6 Å². The van der Waals surface area contributed by atoms with Gasteiger partial charge in [-0.25, -0.2) is 18.1 Å². The molecule has 1 aromatic heterocycles. The first-order valence-corrected chi connectivity index (χ1v) is 14.4. The molecule has 40 heavy (non-hydrogen) atoms. The van der Waals surface area contributed by atoms with E-state index in [2.05, 4.69) is 20.0 Å². The smallest absolute Gasteiger partial charge is 0.264 e. The minimum absolute atomic E-state index is 0.0308. The number of fused-ring (bicyclic) bond motifs is 3. The van der Waals surface area contributed by atoms with E-state index in [4.69, 9.17) is 28.2 Å². The summed E-state index contributed by atoms with van der Waals surface area (Å²) >= 11 is 12.0. The average molecular weight is 590 g/mol. The number of aromatic nitrogens is 1. The van der Waals surface area contributed by atoms with E-state index in [1.165, 1.54) is 30.5 Å². The number of nitrogens with zero attached hydrogens (tertiary/aromatic N) is 2. The molecule has 0 amide bonds. The molecule has 8 nitrogen and oxygen atoms in total. The van der Waals surface area contributed by atoms with Crippen molar-refractivity contribution in [2.45, 2.75) is 10.9 Å². The Balaban J connectivity index is 1.27. The fourth-order valence-corrected chi connectivity index (χ4v) is 6.02. The lowest BCUT2D eigenvalue weighted by Gasteiger charge is -2.23. The first-order valence-electron chi connectivity index (χ1n) is 12.1. The van der Waals surface area contributed by atoms with Crippen LogP contribution in [0.1, 0.15) is 22.7 Å². The van der Waals surface area contributed by atoms with Gasteiger partial charge < -0.3 is 15.4 Å². The van der Waals surface area contributed by atoms with E-state index < -0.39 is 16.1 Å². The highest BCUT2D eigenvalue weighted by Gasteiger charge is 2.29. The van der Waals surface area contributed by atoms with Crippen molar-refractivity contribution in [3.63, 3.8) is 0 Å². The number of nitrogens with one attached hydrogen (secondary N) is 3. The number of H-pyrrole nitrogens is 1. The number of anilines is 1. The monoisotopic (exact) mass is 589 g/mol. The van der Waals surface area contributed by atoms with Crippen LogP contribution in [0.4, 0.5) is 11.5 Å². The molecular formula is C29H21Cl2N5O3S. The van der Waals surface area contributed by atoms with Crippen LogP contribution in [-0.4, -0.2) is 30.7 Å². The second-order valence-electron chi connectivity index (χ2n) is 9.06. The molecule has 0 spiro atoms. The Morgan fingerprint density at radius 1 is 0.950 bits per heavy atom. The zero-order chi connectivity index (χ0) is 27.9. The molecule has 0 radical (unpaired) electrons. The number of aliphatic imine (C=N–C) groups is 2. The van der Waals surface area contributed by atoms with Crippen LogP contribution in [-0.2, 0) is 10.0 Å². The van der Waals surface area contributed by atoms with Crippen LogP contribution in [0.15, 0.2) is 106 Å². The number of aromatic hydroxyl groups is 1. The molecule has 4 N–H and O–H groups in total. The summed E-state index contributed by atoms with van der Waals surface area (Å²) in [6.07, 6.45) is 1.40. The zero-order valence-electron chi connectivity index (χ0n) is 20.6. The van der Waals surface area contributed by atoms with Gasteiger partial charge in [-0.15, -0.1) is 0 Å². The maximum atomic E-state index is 13.3. The molecule has 0 fully saturated rings. The molecule has 200 valence electrons. The third-order valence-electron chi connectivity index (χ3n) is 6.43. The number of guanidine groups is 1. The number of benzene rings is 4. The van der Waals surface area contributed by atoms with Gasteiger partial charge in [0.25, 0.3) is 10.0 Å². The topological polar surface area (TPSA) is 119 Å². The number of sulfonamides is 1. The lowest BCUT2D eigenvalue weighted by molar-refractivity contribution is 0.475. The molecule has 2 heterocycles. The number of aromatic amines is 1. The highest BCUT2D eigenvalue weighted by atomic mass is 35.5. The summed E-state index contributed by atoms with van der Waals surface area (Å²) in [4.78, 5) is 12.4. The summed E-state index contributed by atoms with van der Waals surface area (Å²) in [5.41, 5.74) is 3.60. The second-order valence-corrected chi connectivity index (χ2v) is 11.6. The van der Waals surface area contributed by atoms with E-state index in [0.717, 1.165) is 22.0 Å². The van der Waals surface area contributed by atoms with Crippen molar-refractivity contribution in [3.05, 3.63) is 118 Å². The van der Waals surface area contributed by atoms with Crippen molar-refractivity contribution in [3.8, 4) is 5.75 Å². The van der Waals surface area contributed by atoms with Crippen LogP contribution in [0.2, 0.25) is 10.0 Å². The largest absolute Gasteiger partial charge is 0.506 e. The van der Waals surface area contributed by atoms with Crippen molar-refractivity contribution in [1.29, 1.82) is 0 Å². The highest BCUT2D eigenvalue weighted by Crippen LogP contribution is 2.40. The van der Waals surface area contributed by atoms with Crippen LogP contribution in [0, 0.1) is 0 Å². The van der Waals surface area contributed by atoms with Crippen LogP contribution in [0.5, 0.6) is 5.75 Å². The number of halogens is 2. The van der Waals surface area contributed by atoms with Gasteiger partial charge >= 0.3 is 0 Å². The quantitative estimate of drug-likeness (QED) is 0.169. The first-order chi connectivity index (χ1) is 19.3. The summed E-state index contributed by atoms with van der Waals surface area (Å²) in [5.74, 6) is 0.631. The number of hydrogen-bond donors (Lipinski definition) is 4. The lowest BCUT2D eigenvalue weighted by atomic mass is 9.97. The minimum atomic E-state index is -3.98. The van der Waals surface area contributed by atoms with Crippen LogP contribution in [0.3, 0.4) is 0 Å². The van der Waals surface area contributed by atoms with Crippen molar-refractivity contribution in [2.75, 3.05) is 5.32 Å². The molecule has 0 aliphatic carbocycles. The standard InChI is InChI=1S/C29H21Cl2N5O3S/c30-19-14-18(27(37)23(31)15-19)16-32-20-10-12-21(13-11-20)40(38,39)36-29-34-26(17-6-2-1-3-7-17)25-22-8-4-5-9-24(22)33-28(25)35-29/h1-16,26,33,37H,(H2,34,35,36). The van der Waals surface area contributed by atoms with Gasteiger partial charge in [-0.2, -0.15) is 0 Å². The lowest BCUT2D eigenvalue weighted by Crippen LogP contribution is -2.38. The Morgan fingerprint density at radius 3 is 2.45 bits per heavy atom.